The number of aromatic nitrogens is 6. The predicted molar refractivity (Wildman–Crippen MR) is 50.3 cm³/mol. The van der Waals surface area contributed by atoms with Crippen LogP contribution in [0.4, 0.5) is 0 Å². The fourth-order valence-electron chi connectivity index (χ4n) is 0.879. The normalized spacial score (nSPS) is 9.43. The van der Waals surface area contributed by atoms with E-state index in [4.69, 9.17) is 0 Å². The van der Waals surface area contributed by atoms with Crippen LogP contribution in [0.25, 0.3) is 11.3 Å². The second kappa shape index (κ2) is 4.13. The van der Waals surface area contributed by atoms with E-state index in [1.54, 1.807) is 12.4 Å². The molecule has 14 heavy (non-hydrogen) atoms. The van der Waals surface area contributed by atoms with Gasteiger partial charge in [0.05, 0.1) is 0 Å². The molecule has 0 fully saturated rings. The van der Waals surface area contributed by atoms with Crippen LogP contribution in [0.1, 0.15) is 0 Å². The SMILES string of the molecule is c1cc[nH]c1.c1cnc2n[nH]nc2n1. The quantitative estimate of drug-likeness (QED) is 0.545. The number of H-pyrrole nitrogens is 2. The maximum absolute atomic E-state index is 3.87. The first-order chi connectivity index (χ1) is 6.97. The minimum absolute atomic E-state index is 0.553. The third-order valence-electron chi connectivity index (χ3n) is 1.47. The predicted octanol–water partition coefficient (Wildman–Crippen LogP) is 0.763. The Morgan fingerprint density at radius 3 is 1.86 bits per heavy atom. The van der Waals surface area contributed by atoms with Gasteiger partial charge in [0, 0.05) is 24.8 Å². The summed E-state index contributed by atoms with van der Waals surface area (Å²) in [5, 5.41) is 9.83. The monoisotopic (exact) mass is 188 g/mol. The summed E-state index contributed by atoms with van der Waals surface area (Å²) in [5.74, 6) is 0. The number of hydrogen-bond acceptors (Lipinski definition) is 4. The highest BCUT2D eigenvalue weighted by atomic mass is 15.4. The number of rotatable bonds is 0. The topological polar surface area (TPSA) is 83.1 Å². The first-order valence-electron chi connectivity index (χ1n) is 4.02. The average molecular weight is 188 g/mol. The molecule has 6 heteroatoms. The van der Waals surface area contributed by atoms with Crippen molar-refractivity contribution >= 4 is 11.3 Å². The summed E-state index contributed by atoms with van der Waals surface area (Å²) in [7, 11) is 0. The Morgan fingerprint density at radius 1 is 0.857 bits per heavy atom. The highest BCUT2D eigenvalue weighted by molar-refractivity contribution is 5.61. The number of hydrogen-bond donors (Lipinski definition) is 2. The van der Waals surface area contributed by atoms with Crippen molar-refractivity contribution in [2.45, 2.75) is 0 Å². The van der Waals surface area contributed by atoms with Gasteiger partial charge in [0.15, 0.2) is 0 Å². The van der Waals surface area contributed by atoms with Crippen molar-refractivity contribution in [3.05, 3.63) is 36.9 Å². The van der Waals surface area contributed by atoms with Gasteiger partial charge in [0.2, 0.25) is 11.3 Å². The molecule has 0 aliphatic carbocycles. The summed E-state index contributed by atoms with van der Waals surface area (Å²) >= 11 is 0. The van der Waals surface area contributed by atoms with Crippen LogP contribution >= 0.6 is 0 Å². The first-order valence-corrected chi connectivity index (χ1v) is 4.02. The Bertz CT molecular complexity index is 424. The molecule has 0 amide bonds. The molecule has 0 aliphatic heterocycles. The molecule has 0 aromatic carbocycles. The maximum Gasteiger partial charge on any atom is 0.220 e. The van der Waals surface area contributed by atoms with E-state index in [1.165, 1.54) is 0 Å². The first kappa shape index (κ1) is 8.36. The minimum Gasteiger partial charge on any atom is -0.368 e. The highest BCUT2D eigenvalue weighted by Crippen LogP contribution is 1.94. The molecule has 3 rings (SSSR count). The maximum atomic E-state index is 3.87. The summed E-state index contributed by atoms with van der Waals surface area (Å²) in [6.45, 7) is 0. The fourth-order valence-corrected chi connectivity index (χ4v) is 0.879. The van der Waals surface area contributed by atoms with E-state index in [0.29, 0.717) is 11.3 Å². The summed E-state index contributed by atoms with van der Waals surface area (Å²) in [4.78, 5) is 10.6. The number of fused-ring (bicyclic) bond motifs is 1. The van der Waals surface area contributed by atoms with E-state index in [2.05, 4.69) is 30.4 Å². The standard InChI is InChI=1S/C4H3N5.C4H5N/c1-2-6-4-3(5-1)7-9-8-4;1-2-4-5-3-1/h1-2H,(H,5,6,7,8,9);1-5H. The average Bonchev–Trinajstić information content (AvgIpc) is 2.92. The van der Waals surface area contributed by atoms with Crippen LogP contribution < -0.4 is 0 Å². The van der Waals surface area contributed by atoms with Crippen LogP contribution in [-0.4, -0.2) is 30.4 Å². The van der Waals surface area contributed by atoms with E-state index < -0.39 is 0 Å². The van der Waals surface area contributed by atoms with Crippen molar-refractivity contribution in [3.63, 3.8) is 0 Å². The summed E-state index contributed by atoms with van der Waals surface area (Å²) < 4.78 is 0. The lowest BCUT2D eigenvalue weighted by atomic mass is 10.7. The van der Waals surface area contributed by atoms with Gasteiger partial charge < -0.3 is 4.98 Å². The second-order valence-electron chi connectivity index (χ2n) is 2.41. The van der Waals surface area contributed by atoms with E-state index in [9.17, 15) is 0 Å². The molecule has 0 spiro atoms. The van der Waals surface area contributed by atoms with E-state index in [-0.39, 0.29) is 0 Å². The molecule has 3 aromatic heterocycles. The zero-order chi connectivity index (χ0) is 9.64. The largest absolute Gasteiger partial charge is 0.368 e. The molecule has 0 aliphatic rings. The Labute approximate surface area is 79.4 Å². The molecule has 3 heterocycles. The van der Waals surface area contributed by atoms with Crippen LogP contribution in [-0.2, 0) is 0 Å². The van der Waals surface area contributed by atoms with E-state index in [0.717, 1.165) is 0 Å². The summed E-state index contributed by atoms with van der Waals surface area (Å²) in [6, 6.07) is 3.89. The molecule has 0 bridgehead atoms. The molecule has 0 unspecified atom stereocenters. The molecule has 0 radical (unpaired) electrons. The number of nitrogens with zero attached hydrogens (tertiary/aromatic N) is 4. The van der Waals surface area contributed by atoms with Gasteiger partial charge in [-0.2, -0.15) is 5.21 Å². The van der Waals surface area contributed by atoms with Gasteiger partial charge in [-0.3, -0.25) is 0 Å². The van der Waals surface area contributed by atoms with Gasteiger partial charge in [0.25, 0.3) is 0 Å². The lowest BCUT2D eigenvalue weighted by molar-refractivity contribution is 0.951. The van der Waals surface area contributed by atoms with Crippen molar-refractivity contribution in [1.29, 1.82) is 0 Å². The van der Waals surface area contributed by atoms with Gasteiger partial charge in [-0.15, -0.1) is 10.2 Å². The van der Waals surface area contributed by atoms with Gasteiger partial charge in [0.1, 0.15) is 0 Å². The zero-order valence-electron chi connectivity index (χ0n) is 7.25. The fraction of sp³-hybridized carbons (Fsp3) is 0. The van der Waals surface area contributed by atoms with Crippen molar-refractivity contribution in [2.24, 2.45) is 0 Å². The van der Waals surface area contributed by atoms with E-state index in [1.807, 2.05) is 24.5 Å². The third-order valence-corrected chi connectivity index (χ3v) is 1.47. The molecule has 0 saturated carbocycles. The molecule has 3 aromatic rings. The van der Waals surface area contributed by atoms with Gasteiger partial charge in [-0.25, -0.2) is 9.97 Å². The lowest BCUT2D eigenvalue weighted by Crippen LogP contribution is -1.77. The lowest BCUT2D eigenvalue weighted by Gasteiger charge is -1.77. The Balaban J connectivity index is 0.000000128. The van der Waals surface area contributed by atoms with Crippen LogP contribution in [0.5, 0.6) is 0 Å². The molecule has 0 saturated heterocycles. The van der Waals surface area contributed by atoms with E-state index >= 15 is 0 Å². The number of nitrogens with one attached hydrogen (secondary N) is 2. The summed E-state index contributed by atoms with van der Waals surface area (Å²) in [6.07, 6.45) is 6.90. The zero-order valence-corrected chi connectivity index (χ0v) is 7.25. The van der Waals surface area contributed by atoms with Crippen molar-refractivity contribution < 1.29 is 0 Å². The van der Waals surface area contributed by atoms with Gasteiger partial charge in [-0.05, 0) is 12.1 Å². The molecular formula is C8H8N6. The Hall–Kier alpha value is -2.24. The molecule has 2 N–H and O–H groups in total. The van der Waals surface area contributed by atoms with Crippen LogP contribution in [0, 0.1) is 0 Å². The van der Waals surface area contributed by atoms with Crippen LogP contribution in [0.3, 0.4) is 0 Å². The second-order valence-corrected chi connectivity index (χ2v) is 2.41. The van der Waals surface area contributed by atoms with Crippen LogP contribution in [0.15, 0.2) is 36.9 Å². The minimum atomic E-state index is 0.553. The molecule has 0 atom stereocenters. The smallest absolute Gasteiger partial charge is 0.220 e. The van der Waals surface area contributed by atoms with Gasteiger partial charge >= 0.3 is 0 Å². The van der Waals surface area contributed by atoms with Crippen molar-refractivity contribution in [1.82, 2.24) is 30.4 Å². The molecular weight excluding hydrogens is 180 g/mol. The Morgan fingerprint density at radius 2 is 1.43 bits per heavy atom. The van der Waals surface area contributed by atoms with Crippen LogP contribution in [0.2, 0.25) is 0 Å². The van der Waals surface area contributed by atoms with Gasteiger partial charge in [-0.1, -0.05) is 0 Å². The molecule has 6 nitrogen and oxygen atoms in total. The Kier molecular flexibility index (Phi) is 2.46. The molecule has 70 valence electrons. The third kappa shape index (κ3) is 1.92. The number of aromatic amines is 2. The summed E-state index contributed by atoms with van der Waals surface area (Å²) in [5.41, 5.74) is 1.11. The van der Waals surface area contributed by atoms with Crippen molar-refractivity contribution in [3.8, 4) is 0 Å². The highest BCUT2D eigenvalue weighted by Gasteiger charge is 1.94. The van der Waals surface area contributed by atoms with Crippen molar-refractivity contribution in [2.75, 3.05) is 0 Å².